The van der Waals surface area contributed by atoms with E-state index in [-0.39, 0.29) is 0 Å². The molecule has 4 rings (SSSR count). The zero-order valence-electron chi connectivity index (χ0n) is 14.0. The molecule has 1 saturated heterocycles. The van der Waals surface area contributed by atoms with Gasteiger partial charge in [-0.3, -0.25) is 4.98 Å². The van der Waals surface area contributed by atoms with Crippen LogP contribution in [-0.2, 0) is 4.79 Å². The first-order chi connectivity index (χ1) is 12.7. The molecule has 3 aromatic rings. The van der Waals surface area contributed by atoms with Crippen LogP contribution < -0.4 is 4.90 Å². The highest BCUT2D eigenvalue weighted by Crippen LogP contribution is 2.32. The van der Waals surface area contributed by atoms with Crippen molar-refractivity contribution in [2.45, 2.75) is 18.9 Å². The van der Waals surface area contributed by atoms with Crippen LogP contribution in [0.5, 0.6) is 0 Å². The summed E-state index contributed by atoms with van der Waals surface area (Å²) in [7, 11) is 0. The second kappa shape index (κ2) is 6.45. The number of pyridine rings is 2. The number of anilines is 1. The van der Waals surface area contributed by atoms with Crippen molar-refractivity contribution in [3.05, 3.63) is 54.2 Å². The zero-order chi connectivity index (χ0) is 18.1. The Balaban J connectivity index is 1.92. The number of hydrogen-bond donors (Lipinski definition) is 1. The Morgan fingerprint density at radius 2 is 2.15 bits per heavy atom. The van der Waals surface area contributed by atoms with Gasteiger partial charge in [-0.1, -0.05) is 18.2 Å². The van der Waals surface area contributed by atoms with Crippen molar-refractivity contribution in [2.24, 2.45) is 0 Å². The molecule has 3 heterocycles. The van der Waals surface area contributed by atoms with E-state index in [1.54, 1.807) is 18.3 Å². The quantitative estimate of drug-likeness (QED) is 0.784. The van der Waals surface area contributed by atoms with Crippen LogP contribution in [0.1, 0.15) is 18.4 Å². The number of carboxylic acids is 1. The Kier molecular flexibility index (Phi) is 3.98. The van der Waals surface area contributed by atoms with E-state index in [0.29, 0.717) is 30.0 Å². The normalized spacial score (nSPS) is 16.6. The average molecular weight is 344 g/mol. The largest absolute Gasteiger partial charge is 0.480 e. The molecule has 6 nitrogen and oxygen atoms in total. The molecular weight excluding hydrogens is 328 g/mol. The van der Waals surface area contributed by atoms with Crippen LogP contribution in [0.4, 0.5) is 5.82 Å². The summed E-state index contributed by atoms with van der Waals surface area (Å²) in [5, 5.41) is 19.6. The SMILES string of the molecule is N#Cc1cccc(-c2nc(N3CCC[C@H]3C(=O)O)cc3cccnc23)c1. The molecule has 0 spiro atoms. The lowest BCUT2D eigenvalue weighted by atomic mass is 10.1. The van der Waals surface area contributed by atoms with Gasteiger partial charge >= 0.3 is 5.97 Å². The Morgan fingerprint density at radius 1 is 1.27 bits per heavy atom. The second-order valence-corrected chi connectivity index (χ2v) is 6.29. The number of fused-ring (bicyclic) bond motifs is 1. The number of hydrogen-bond acceptors (Lipinski definition) is 5. The van der Waals surface area contributed by atoms with E-state index < -0.39 is 12.0 Å². The number of rotatable bonds is 3. The van der Waals surface area contributed by atoms with Gasteiger partial charge in [-0.15, -0.1) is 0 Å². The summed E-state index contributed by atoms with van der Waals surface area (Å²) in [6.07, 6.45) is 3.14. The van der Waals surface area contributed by atoms with Crippen molar-refractivity contribution < 1.29 is 9.90 Å². The topological polar surface area (TPSA) is 90.1 Å². The minimum atomic E-state index is -0.830. The molecule has 2 aromatic heterocycles. The Hall–Kier alpha value is -3.46. The monoisotopic (exact) mass is 344 g/mol. The van der Waals surface area contributed by atoms with Crippen molar-refractivity contribution in [1.82, 2.24) is 9.97 Å². The number of aliphatic carboxylic acids is 1. The van der Waals surface area contributed by atoms with Crippen molar-refractivity contribution in [3.63, 3.8) is 0 Å². The van der Waals surface area contributed by atoms with Crippen LogP contribution in [0.25, 0.3) is 22.2 Å². The number of benzene rings is 1. The van der Waals surface area contributed by atoms with Crippen molar-refractivity contribution in [2.75, 3.05) is 11.4 Å². The van der Waals surface area contributed by atoms with Crippen LogP contribution in [0.2, 0.25) is 0 Å². The lowest BCUT2D eigenvalue weighted by Gasteiger charge is -2.23. The summed E-state index contributed by atoms with van der Waals surface area (Å²) in [5.74, 6) is -0.198. The Labute approximate surface area is 150 Å². The fourth-order valence-electron chi connectivity index (χ4n) is 3.45. The number of carboxylic acid groups (broad SMARTS) is 1. The van der Waals surface area contributed by atoms with Crippen molar-refractivity contribution in [3.8, 4) is 17.3 Å². The van der Waals surface area contributed by atoms with Crippen LogP contribution in [0.3, 0.4) is 0 Å². The summed E-state index contributed by atoms with van der Waals surface area (Å²) in [6.45, 7) is 0.660. The lowest BCUT2D eigenvalue weighted by Crippen LogP contribution is -2.36. The standard InChI is InChI=1S/C20H16N4O2/c21-12-13-4-1-5-14(10-13)19-18-15(6-2-8-22-18)11-17(23-19)24-9-3-7-16(24)20(25)26/h1-2,4-6,8,10-11,16H,3,7,9H2,(H,25,26)/t16-/m0/s1. The van der Waals surface area contributed by atoms with Gasteiger partial charge in [0.05, 0.1) is 22.8 Å². The van der Waals surface area contributed by atoms with Gasteiger partial charge in [0, 0.05) is 23.7 Å². The molecule has 0 saturated carbocycles. The van der Waals surface area contributed by atoms with Gasteiger partial charge in [-0.05, 0) is 37.1 Å². The van der Waals surface area contributed by atoms with Gasteiger partial charge in [0.25, 0.3) is 0 Å². The summed E-state index contributed by atoms with van der Waals surface area (Å²) in [4.78, 5) is 22.6. The minimum Gasteiger partial charge on any atom is -0.480 e. The van der Waals surface area contributed by atoms with Gasteiger partial charge in [0.15, 0.2) is 0 Å². The van der Waals surface area contributed by atoms with E-state index in [1.165, 1.54) is 0 Å². The lowest BCUT2D eigenvalue weighted by molar-refractivity contribution is -0.138. The highest BCUT2D eigenvalue weighted by Gasteiger charge is 2.32. The van der Waals surface area contributed by atoms with Gasteiger partial charge < -0.3 is 10.0 Å². The van der Waals surface area contributed by atoms with Crippen LogP contribution in [0.15, 0.2) is 48.7 Å². The molecule has 0 bridgehead atoms. The number of carbonyl (C=O) groups is 1. The van der Waals surface area contributed by atoms with Crippen LogP contribution in [0, 0.1) is 11.3 Å². The van der Waals surface area contributed by atoms with Crippen LogP contribution in [-0.4, -0.2) is 33.6 Å². The smallest absolute Gasteiger partial charge is 0.326 e. The molecule has 0 amide bonds. The van der Waals surface area contributed by atoms with E-state index in [1.807, 2.05) is 35.2 Å². The first-order valence-electron chi connectivity index (χ1n) is 8.43. The molecule has 1 aliphatic heterocycles. The zero-order valence-corrected chi connectivity index (χ0v) is 14.0. The number of nitriles is 1. The summed E-state index contributed by atoms with van der Waals surface area (Å²) < 4.78 is 0. The van der Waals surface area contributed by atoms with E-state index in [4.69, 9.17) is 4.98 Å². The molecule has 1 atom stereocenters. The molecule has 0 radical (unpaired) electrons. The van der Waals surface area contributed by atoms with E-state index in [2.05, 4.69) is 11.1 Å². The summed E-state index contributed by atoms with van der Waals surface area (Å²) in [6, 6.07) is 14.5. The first kappa shape index (κ1) is 16.0. The van der Waals surface area contributed by atoms with Crippen molar-refractivity contribution in [1.29, 1.82) is 5.26 Å². The number of nitrogens with zero attached hydrogens (tertiary/aromatic N) is 4. The molecule has 26 heavy (non-hydrogen) atoms. The third kappa shape index (κ3) is 2.74. The predicted molar refractivity (Wildman–Crippen MR) is 97.7 cm³/mol. The molecule has 1 aliphatic rings. The van der Waals surface area contributed by atoms with E-state index in [9.17, 15) is 15.2 Å². The van der Waals surface area contributed by atoms with E-state index in [0.717, 1.165) is 22.9 Å². The van der Waals surface area contributed by atoms with Gasteiger partial charge in [0.1, 0.15) is 11.9 Å². The Morgan fingerprint density at radius 3 is 2.96 bits per heavy atom. The highest BCUT2D eigenvalue weighted by molar-refractivity contribution is 5.94. The summed E-state index contributed by atoms with van der Waals surface area (Å²) in [5.41, 5.74) is 2.73. The maximum atomic E-state index is 11.6. The fourth-order valence-corrected chi connectivity index (χ4v) is 3.45. The molecule has 1 N–H and O–H groups in total. The maximum Gasteiger partial charge on any atom is 0.326 e. The summed E-state index contributed by atoms with van der Waals surface area (Å²) >= 11 is 0. The fraction of sp³-hybridized carbons (Fsp3) is 0.200. The molecule has 128 valence electrons. The second-order valence-electron chi connectivity index (χ2n) is 6.29. The highest BCUT2D eigenvalue weighted by atomic mass is 16.4. The molecule has 1 fully saturated rings. The van der Waals surface area contributed by atoms with Crippen LogP contribution >= 0.6 is 0 Å². The molecule has 0 unspecified atom stereocenters. The van der Waals surface area contributed by atoms with Gasteiger partial charge in [-0.25, -0.2) is 9.78 Å². The minimum absolute atomic E-state index is 0.545. The molecule has 0 aliphatic carbocycles. The Bertz CT molecular complexity index is 1040. The van der Waals surface area contributed by atoms with E-state index >= 15 is 0 Å². The average Bonchev–Trinajstić information content (AvgIpc) is 3.17. The predicted octanol–water partition coefficient (Wildman–Crippen LogP) is 3.22. The van der Waals surface area contributed by atoms with Crippen molar-refractivity contribution >= 4 is 22.7 Å². The van der Waals surface area contributed by atoms with Gasteiger partial charge in [0.2, 0.25) is 0 Å². The van der Waals surface area contributed by atoms with Gasteiger partial charge in [-0.2, -0.15) is 5.26 Å². The number of aromatic nitrogens is 2. The first-order valence-corrected chi connectivity index (χ1v) is 8.43. The third-order valence-electron chi connectivity index (χ3n) is 4.67. The molecular formula is C20H16N4O2. The maximum absolute atomic E-state index is 11.6. The molecule has 6 heteroatoms. The molecule has 1 aromatic carbocycles. The third-order valence-corrected chi connectivity index (χ3v) is 4.67.